The average Bonchev–Trinajstić information content (AvgIpc) is 2.99. The van der Waals surface area contributed by atoms with Crippen molar-refractivity contribution in [3.63, 3.8) is 0 Å². The number of hydrogen-bond acceptors (Lipinski definition) is 6. The van der Waals surface area contributed by atoms with E-state index in [9.17, 15) is 14.4 Å². The molecule has 3 amide bonds. The van der Waals surface area contributed by atoms with Crippen molar-refractivity contribution >= 4 is 46.9 Å². The smallest absolute Gasteiger partial charge is 0.272 e. The third kappa shape index (κ3) is 8.81. The number of amides is 3. The molecule has 0 spiro atoms. The minimum Gasteiger partial charge on any atom is -0.494 e. The van der Waals surface area contributed by atoms with Crippen molar-refractivity contribution in [3.05, 3.63) is 120 Å². The van der Waals surface area contributed by atoms with E-state index >= 15 is 0 Å². The molecule has 0 saturated carbocycles. The first-order valence-electron chi connectivity index (χ1n) is 13.0. The zero-order valence-corrected chi connectivity index (χ0v) is 23.5. The van der Waals surface area contributed by atoms with Crippen LogP contribution in [0.1, 0.15) is 29.8 Å². The Labute approximate surface area is 243 Å². The van der Waals surface area contributed by atoms with Crippen molar-refractivity contribution in [1.29, 1.82) is 0 Å². The molecule has 1 heterocycles. The summed E-state index contributed by atoms with van der Waals surface area (Å²) in [5.74, 6) is -0.341. The Kier molecular flexibility index (Phi) is 10.3. The molecule has 0 aliphatic rings. The number of nitrogens with one attached hydrogen (secondary N) is 3. The van der Waals surface area contributed by atoms with Gasteiger partial charge in [0.2, 0.25) is 5.91 Å². The molecule has 208 valence electrons. The van der Waals surface area contributed by atoms with E-state index in [1.54, 1.807) is 85.2 Å². The highest BCUT2D eigenvalue weighted by Crippen LogP contribution is 2.27. The molecule has 8 nitrogen and oxygen atoms in total. The predicted octanol–water partition coefficient (Wildman–Crippen LogP) is 6.01. The van der Waals surface area contributed by atoms with Gasteiger partial charge < -0.3 is 20.7 Å². The first-order valence-corrected chi connectivity index (χ1v) is 13.9. The highest BCUT2D eigenvalue weighted by Gasteiger charge is 2.17. The van der Waals surface area contributed by atoms with Crippen LogP contribution in [0.5, 0.6) is 5.75 Å². The minimum atomic E-state index is -0.492. The molecule has 4 aromatic rings. The Morgan fingerprint density at radius 2 is 1.61 bits per heavy atom. The number of ether oxygens (including phenoxy) is 1. The number of benzene rings is 3. The van der Waals surface area contributed by atoms with Gasteiger partial charge in [-0.25, -0.2) is 0 Å². The summed E-state index contributed by atoms with van der Waals surface area (Å²) in [6.07, 6.45) is 4.83. The first-order chi connectivity index (χ1) is 19.9. The molecule has 9 heteroatoms. The van der Waals surface area contributed by atoms with Gasteiger partial charge in [-0.2, -0.15) is 0 Å². The lowest BCUT2D eigenvalue weighted by molar-refractivity contribution is -0.115. The lowest BCUT2D eigenvalue weighted by atomic mass is 10.1. The topological polar surface area (TPSA) is 109 Å². The SMILES string of the molecule is CCOc1ccc(/C=C(/NC(=O)c2ccccc2)C(=O)Nc2cccc(SC(C)C(=O)Nc3ccncc3)c2)cc1. The third-order valence-electron chi connectivity index (χ3n) is 5.75. The van der Waals surface area contributed by atoms with Crippen LogP contribution in [-0.2, 0) is 9.59 Å². The Morgan fingerprint density at radius 1 is 0.878 bits per heavy atom. The largest absolute Gasteiger partial charge is 0.494 e. The Balaban J connectivity index is 1.49. The monoisotopic (exact) mass is 566 g/mol. The van der Waals surface area contributed by atoms with E-state index in [1.807, 2.05) is 38.1 Å². The maximum Gasteiger partial charge on any atom is 0.272 e. The van der Waals surface area contributed by atoms with Crippen molar-refractivity contribution in [2.75, 3.05) is 17.2 Å². The predicted molar refractivity (Wildman–Crippen MR) is 163 cm³/mol. The molecule has 0 aliphatic carbocycles. The molecule has 4 rings (SSSR count). The first kappa shape index (κ1) is 29.1. The highest BCUT2D eigenvalue weighted by molar-refractivity contribution is 8.00. The molecule has 0 aliphatic heterocycles. The van der Waals surface area contributed by atoms with Gasteiger partial charge in [0.1, 0.15) is 11.4 Å². The van der Waals surface area contributed by atoms with Gasteiger partial charge in [0.25, 0.3) is 11.8 Å². The summed E-state index contributed by atoms with van der Waals surface area (Å²) in [4.78, 5) is 43.7. The van der Waals surface area contributed by atoms with E-state index in [4.69, 9.17) is 4.74 Å². The molecule has 3 N–H and O–H groups in total. The molecule has 1 aromatic heterocycles. The van der Waals surface area contributed by atoms with Crippen molar-refractivity contribution in [2.45, 2.75) is 24.0 Å². The van der Waals surface area contributed by atoms with E-state index in [0.29, 0.717) is 34.9 Å². The van der Waals surface area contributed by atoms with Gasteiger partial charge in [-0.05, 0) is 80.1 Å². The standard InChI is InChI=1S/C32H30N4O4S/c1-3-40-27-14-12-23(13-15-27)20-29(36-31(38)24-8-5-4-6-9-24)32(39)35-26-10-7-11-28(21-26)41-22(2)30(37)34-25-16-18-33-19-17-25/h4-22H,3H2,1-2H3,(H,35,39)(H,36,38)(H,33,34,37)/b29-20+. The van der Waals surface area contributed by atoms with Gasteiger partial charge >= 0.3 is 0 Å². The Bertz CT molecular complexity index is 1510. The lowest BCUT2D eigenvalue weighted by Crippen LogP contribution is -2.30. The van der Waals surface area contributed by atoms with E-state index in [2.05, 4.69) is 20.9 Å². The fourth-order valence-corrected chi connectivity index (χ4v) is 4.64. The van der Waals surface area contributed by atoms with Gasteiger partial charge in [0.05, 0.1) is 11.9 Å². The number of pyridine rings is 1. The lowest BCUT2D eigenvalue weighted by Gasteiger charge is -2.14. The van der Waals surface area contributed by atoms with Crippen LogP contribution in [0.4, 0.5) is 11.4 Å². The summed E-state index contributed by atoms with van der Waals surface area (Å²) < 4.78 is 5.50. The number of carbonyl (C=O) groups is 3. The fourth-order valence-electron chi connectivity index (χ4n) is 3.72. The van der Waals surface area contributed by atoms with Crippen LogP contribution in [0.25, 0.3) is 6.08 Å². The molecular formula is C32H30N4O4S. The Hall–Kier alpha value is -4.89. The molecule has 0 fully saturated rings. The van der Waals surface area contributed by atoms with Crippen LogP contribution in [0.15, 0.2) is 114 Å². The second kappa shape index (κ2) is 14.5. The number of carbonyl (C=O) groups excluding carboxylic acids is 3. The van der Waals surface area contributed by atoms with Crippen molar-refractivity contribution in [3.8, 4) is 5.75 Å². The molecule has 1 atom stereocenters. The maximum atomic E-state index is 13.4. The Morgan fingerprint density at radius 3 is 2.32 bits per heavy atom. The normalized spacial score (nSPS) is 11.7. The summed E-state index contributed by atoms with van der Waals surface area (Å²) in [6.45, 7) is 4.26. The van der Waals surface area contributed by atoms with Gasteiger partial charge in [0, 0.05) is 34.2 Å². The molecular weight excluding hydrogens is 536 g/mol. The number of anilines is 2. The molecule has 0 bridgehead atoms. The van der Waals surface area contributed by atoms with Crippen molar-refractivity contribution in [1.82, 2.24) is 10.3 Å². The van der Waals surface area contributed by atoms with Gasteiger partial charge in [0.15, 0.2) is 0 Å². The second-order valence-electron chi connectivity index (χ2n) is 8.85. The quantitative estimate of drug-likeness (QED) is 0.152. The van der Waals surface area contributed by atoms with Crippen LogP contribution >= 0.6 is 11.8 Å². The van der Waals surface area contributed by atoms with Crippen LogP contribution < -0.4 is 20.7 Å². The van der Waals surface area contributed by atoms with Crippen LogP contribution in [0.2, 0.25) is 0 Å². The summed E-state index contributed by atoms with van der Waals surface area (Å²) in [6, 6.07) is 26.5. The van der Waals surface area contributed by atoms with Gasteiger partial charge in [-0.3, -0.25) is 19.4 Å². The van der Waals surface area contributed by atoms with E-state index in [1.165, 1.54) is 11.8 Å². The summed E-state index contributed by atoms with van der Waals surface area (Å²) in [7, 11) is 0. The fraction of sp³-hybridized carbons (Fsp3) is 0.125. The summed E-state index contributed by atoms with van der Waals surface area (Å²) >= 11 is 1.36. The molecule has 41 heavy (non-hydrogen) atoms. The zero-order chi connectivity index (χ0) is 29.0. The third-order valence-corrected chi connectivity index (χ3v) is 6.85. The average molecular weight is 567 g/mol. The van der Waals surface area contributed by atoms with Crippen molar-refractivity contribution in [2.24, 2.45) is 0 Å². The number of aromatic nitrogens is 1. The molecule has 3 aromatic carbocycles. The number of hydrogen-bond donors (Lipinski definition) is 3. The molecule has 1 unspecified atom stereocenters. The van der Waals surface area contributed by atoms with Crippen LogP contribution in [0.3, 0.4) is 0 Å². The van der Waals surface area contributed by atoms with E-state index in [0.717, 1.165) is 4.90 Å². The van der Waals surface area contributed by atoms with Crippen molar-refractivity contribution < 1.29 is 19.1 Å². The van der Waals surface area contributed by atoms with Gasteiger partial charge in [-0.15, -0.1) is 11.8 Å². The number of rotatable bonds is 11. The van der Waals surface area contributed by atoms with Crippen LogP contribution in [-0.4, -0.2) is 34.6 Å². The molecule has 0 saturated heterocycles. The molecule has 0 radical (unpaired) electrons. The highest BCUT2D eigenvalue weighted by atomic mass is 32.2. The van der Waals surface area contributed by atoms with Gasteiger partial charge in [-0.1, -0.05) is 36.4 Å². The minimum absolute atomic E-state index is 0.0752. The zero-order valence-electron chi connectivity index (χ0n) is 22.7. The number of thioether (sulfide) groups is 1. The summed E-state index contributed by atoms with van der Waals surface area (Å²) in [5.41, 5.74) is 2.41. The van der Waals surface area contributed by atoms with Crippen LogP contribution in [0, 0.1) is 0 Å². The second-order valence-corrected chi connectivity index (χ2v) is 10.3. The van der Waals surface area contributed by atoms with E-state index < -0.39 is 17.1 Å². The maximum absolute atomic E-state index is 13.4. The number of nitrogens with zero attached hydrogens (tertiary/aromatic N) is 1. The van der Waals surface area contributed by atoms with E-state index in [-0.39, 0.29) is 11.6 Å². The summed E-state index contributed by atoms with van der Waals surface area (Å²) in [5, 5.41) is 8.08.